The highest BCUT2D eigenvalue weighted by Gasteiger charge is 2.22. The van der Waals surface area contributed by atoms with Crippen molar-refractivity contribution in [3.8, 4) is 0 Å². The number of benzene rings is 1. The second-order valence-corrected chi connectivity index (χ2v) is 5.63. The van der Waals surface area contributed by atoms with Crippen LogP contribution in [0.15, 0.2) is 28.7 Å². The Hall–Kier alpha value is -0.670. The monoisotopic (exact) mass is 295 g/mol. The number of halogens is 1. The first-order valence-electron chi connectivity index (χ1n) is 6.12. The maximum Gasteiger partial charge on any atom is 0.133 e. The molecule has 0 N–H and O–H groups in total. The highest BCUT2D eigenvalue weighted by molar-refractivity contribution is 9.10. The number of carbonyl (C=O) groups is 1. The average Bonchev–Trinajstić information content (AvgIpc) is 2.33. The molecule has 2 nitrogen and oxygen atoms in total. The second-order valence-electron chi connectivity index (χ2n) is 4.78. The van der Waals surface area contributed by atoms with E-state index in [1.54, 1.807) is 0 Å². The van der Waals surface area contributed by atoms with Gasteiger partial charge in [0.1, 0.15) is 5.78 Å². The summed E-state index contributed by atoms with van der Waals surface area (Å²) >= 11 is 3.58. The second kappa shape index (κ2) is 5.78. The minimum Gasteiger partial charge on any atom is -0.300 e. The molecule has 1 aliphatic carbocycles. The lowest BCUT2D eigenvalue weighted by molar-refractivity contribution is -0.121. The van der Waals surface area contributed by atoms with Gasteiger partial charge >= 0.3 is 0 Å². The molecule has 0 aromatic heterocycles. The van der Waals surface area contributed by atoms with Crippen LogP contribution in [0.5, 0.6) is 0 Å². The van der Waals surface area contributed by atoms with Crippen molar-refractivity contribution >= 4 is 21.7 Å². The van der Waals surface area contributed by atoms with Crippen molar-refractivity contribution in [2.45, 2.75) is 38.3 Å². The van der Waals surface area contributed by atoms with Crippen molar-refractivity contribution < 1.29 is 4.79 Å². The van der Waals surface area contributed by atoms with Gasteiger partial charge in [-0.1, -0.05) is 34.1 Å². The third-order valence-electron chi connectivity index (χ3n) is 3.51. The highest BCUT2D eigenvalue weighted by Crippen LogP contribution is 2.23. The van der Waals surface area contributed by atoms with Gasteiger partial charge in [-0.25, -0.2) is 0 Å². The lowest BCUT2D eigenvalue weighted by Gasteiger charge is -2.30. The van der Waals surface area contributed by atoms with Crippen LogP contribution in [-0.4, -0.2) is 23.8 Å². The summed E-state index contributed by atoms with van der Waals surface area (Å²) in [6.07, 6.45) is 3.54. The lowest BCUT2D eigenvalue weighted by Crippen LogP contribution is -2.34. The zero-order valence-electron chi connectivity index (χ0n) is 10.2. The number of ketones is 1. The first-order chi connectivity index (χ1) is 8.16. The Bertz CT molecular complexity index is 395. The van der Waals surface area contributed by atoms with E-state index in [-0.39, 0.29) is 0 Å². The van der Waals surface area contributed by atoms with E-state index in [2.05, 4.69) is 46.1 Å². The summed E-state index contributed by atoms with van der Waals surface area (Å²) in [6, 6.07) is 8.88. The molecule has 1 aliphatic rings. The van der Waals surface area contributed by atoms with Crippen molar-refractivity contribution in [1.29, 1.82) is 0 Å². The molecule has 2 rings (SSSR count). The molecular weight excluding hydrogens is 278 g/mol. The molecule has 92 valence electrons. The summed E-state index contributed by atoms with van der Waals surface area (Å²) < 4.78 is 1.17. The Balaban J connectivity index is 1.95. The van der Waals surface area contributed by atoms with Crippen LogP contribution in [-0.2, 0) is 11.3 Å². The SMILES string of the molecule is CN(Cc1ccccc1Br)C1CCC(=O)CC1. The molecule has 0 unspecified atom stereocenters. The summed E-state index contributed by atoms with van der Waals surface area (Å²) in [4.78, 5) is 13.6. The summed E-state index contributed by atoms with van der Waals surface area (Å²) in [5, 5.41) is 0. The van der Waals surface area contributed by atoms with Gasteiger partial charge in [0.25, 0.3) is 0 Å². The van der Waals surface area contributed by atoms with Crippen LogP contribution in [0.4, 0.5) is 0 Å². The molecule has 1 fully saturated rings. The van der Waals surface area contributed by atoms with Crippen molar-refractivity contribution in [2.75, 3.05) is 7.05 Å². The normalized spacial score (nSPS) is 17.7. The molecule has 0 spiro atoms. The Morgan fingerprint density at radius 2 is 1.94 bits per heavy atom. The minimum absolute atomic E-state index is 0.426. The minimum atomic E-state index is 0.426. The van der Waals surface area contributed by atoms with E-state index in [0.717, 1.165) is 32.2 Å². The molecular formula is C14H18BrNO. The molecule has 0 amide bonds. The molecule has 0 saturated heterocycles. The predicted molar refractivity (Wildman–Crippen MR) is 72.9 cm³/mol. The summed E-state index contributed by atoms with van der Waals surface area (Å²) in [5.74, 6) is 0.426. The largest absolute Gasteiger partial charge is 0.300 e. The molecule has 0 aliphatic heterocycles. The zero-order valence-corrected chi connectivity index (χ0v) is 11.7. The Morgan fingerprint density at radius 1 is 1.29 bits per heavy atom. The summed E-state index contributed by atoms with van der Waals surface area (Å²) in [5.41, 5.74) is 1.31. The van der Waals surface area contributed by atoms with Crippen molar-refractivity contribution in [1.82, 2.24) is 4.90 Å². The van der Waals surface area contributed by atoms with Gasteiger partial charge in [-0.3, -0.25) is 9.69 Å². The third-order valence-corrected chi connectivity index (χ3v) is 4.29. The standard InChI is InChI=1S/C14H18BrNO/c1-16(12-6-8-13(17)9-7-12)10-11-4-2-3-5-14(11)15/h2-5,12H,6-10H2,1H3. The zero-order chi connectivity index (χ0) is 12.3. The van der Waals surface area contributed by atoms with Crippen LogP contribution >= 0.6 is 15.9 Å². The van der Waals surface area contributed by atoms with Gasteiger partial charge < -0.3 is 0 Å². The van der Waals surface area contributed by atoms with Crippen molar-refractivity contribution in [3.63, 3.8) is 0 Å². The number of rotatable bonds is 3. The van der Waals surface area contributed by atoms with E-state index in [1.807, 2.05) is 6.07 Å². The molecule has 0 heterocycles. The number of hydrogen-bond acceptors (Lipinski definition) is 2. The average molecular weight is 296 g/mol. The number of carbonyl (C=O) groups excluding carboxylic acids is 1. The quantitative estimate of drug-likeness (QED) is 0.852. The van der Waals surface area contributed by atoms with Crippen LogP contribution in [0.1, 0.15) is 31.2 Å². The van der Waals surface area contributed by atoms with Crippen molar-refractivity contribution in [2.24, 2.45) is 0 Å². The fraction of sp³-hybridized carbons (Fsp3) is 0.500. The van der Waals surface area contributed by atoms with Gasteiger partial charge in [0.15, 0.2) is 0 Å². The van der Waals surface area contributed by atoms with Crippen LogP contribution in [0.25, 0.3) is 0 Å². The fourth-order valence-electron chi connectivity index (χ4n) is 2.39. The maximum atomic E-state index is 11.2. The molecule has 3 heteroatoms. The highest BCUT2D eigenvalue weighted by atomic mass is 79.9. The van der Waals surface area contributed by atoms with E-state index in [4.69, 9.17) is 0 Å². The molecule has 17 heavy (non-hydrogen) atoms. The van der Waals surface area contributed by atoms with E-state index in [1.165, 1.54) is 10.0 Å². The van der Waals surface area contributed by atoms with E-state index < -0.39 is 0 Å². The van der Waals surface area contributed by atoms with E-state index in [0.29, 0.717) is 11.8 Å². The Labute approximate surface area is 111 Å². The molecule has 0 radical (unpaired) electrons. The molecule has 0 bridgehead atoms. The van der Waals surface area contributed by atoms with Gasteiger partial charge in [-0.05, 0) is 31.5 Å². The molecule has 1 aromatic carbocycles. The molecule has 1 aromatic rings. The van der Waals surface area contributed by atoms with Gasteiger partial charge in [0.05, 0.1) is 0 Å². The third kappa shape index (κ3) is 3.39. The lowest BCUT2D eigenvalue weighted by atomic mass is 9.93. The first kappa shape index (κ1) is 12.8. The summed E-state index contributed by atoms with van der Waals surface area (Å²) in [7, 11) is 2.15. The van der Waals surface area contributed by atoms with Crippen LogP contribution < -0.4 is 0 Å². The van der Waals surface area contributed by atoms with Gasteiger partial charge in [-0.15, -0.1) is 0 Å². The Morgan fingerprint density at radius 3 is 2.59 bits per heavy atom. The van der Waals surface area contributed by atoms with Crippen LogP contribution in [0.2, 0.25) is 0 Å². The van der Waals surface area contributed by atoms with Gasteiger partial charge in [0.2, 0.25) is 0 Å². The van der Waals surface area contributed by atoms with E-state index in [9.17, 15) is 4.79 Å². The van der Waals surface area contributed by atoms with Crippen molar-refractivity contribution in [3.05, 3.63) is 34.3 Å². The molecule has 1 saturated carbocycles. The van der Waals surface area contributed by atoms with Crippen LogP contribution in [0, 0.1) is 0 Å². The number of nitrogens with zero attached hydrogens (tertiary/aromatic N) is 1. The van der Waals surface area contributed by atoms with E-state index >= 15 is 0 Å². The predicted octanol–water partition coefficient (Wildman–Crippen LogP) is 3.39. The topological polar surface area (TPSA) is 20.3 Å². The number of hydrogen-bond donors (Lipinski definition) is 0. The fourth-order valence-corrected chi connectivity index (χ4v) is 2.80. The maximum absolute atomic E-state index is 11.2. The smallest absolute Gasteiger partial charge is 0.133 e. The van der Waals surface area contributed by atoms with Crippen LogP contribution in [0.3, 0.4) is 0 Å². The Kier molecular flexibility index (Phi) is 4.35. The number of Topliss-reactive ketones (excluding diaryl/α,β-unsaturated/α-hetero) is 1. The summed E-state index contributed by atoms with van der Waals surface area (Å²) in [6.45, 7) is 0.945. The first-order valence-corrected chi connectivity index (χ1v) is 6.91. The molecule has 0 atom stereocenters. The van der Waals surface area contributed by atoms with Gasteiger partial charge in [0, 0.05) is 29.9 Å². The van der Waals surface area contributed by atoms with Gasteiger partial charge in [-0.2, -0.15) is 0 Å².